The van der Waals surface area contributed by atoms with Gasteiger partial charge in [0.25, 0.3) is 0 Å². The van der Waals surface area contributed by atoms with Gasteiger partial charge in [-0.05, 0) is 19.0 Å². The van der Waals surface area contributed by atoms with E-state index in [9.17, 15) is 0 Å². The minimum absolute atomic E-state index is 0.640. The summed E-state index contributed by atoms with van der Waals surface area (Å²) in [5, 5.41) is 6.57. The van der Waals surface area contributed by atoms with Gasteiger partial charge in [-0.3, -0.25) is 4.99 Å². The number of nitrogens with one attached hydrogen (secondary N) is 2. The molecule has 1 aromatic carbocycles. The van der Waals surface area contributed by atoms with Gasteiger partial charge in [-0.2, -0.15) is 0 Å². The first-order chi connectivity index (χ1) is 11.8. The molecule has 0 aliphatic carbocycles. The fourth-order valence-electron chi connectivity index (χ4n) is 2.18. The Labute approximate surface area is 146 Å². The Balaban J connectivity index is 2.04. The van der Waals surface area contributed by atoms with Crippen LogP contribution in [0.15, 0.2) is 35.3 Å². The maximum atomic E-state index is 5.65. The first-order valence-electron chi connectivity index (χ1n) is 8.50. The van der Waals surface area contributed by atoms with Gasteiger partial charge in [0.05, 0.1) is 13.2 Å². The van der Waals surface area contributed by atoms with Crippen molar-refractivity contribution in [1.29, 1.82) is 0 Å². The number of benzene rings is 1. The second kappa shape index (κ2) is 13.8. The number of hydrogen-bond donors (Lipinski definition) is 2. The molecule has 0 aromatic heterocycles. The molecule has 0 spiro atoms. The third-order valence-corrected chi connectivity index (χ3v) is 3.55. The summed E-state index contributed by atoms with van der Waals surface area (Å²) in [7, 11) is 5.63. The van der Waals surface area contributed by atoms with Gasteiger partial charge in [0.2, 0.25) is 0 Å². The zero-order valence-corrected chi connectivity index (χ0v) is 15.3. The zero-order valence-electron chi connectivity index (χ0n) is 15.3. The van der Waals surface area contributed by atoms with Crippen LogP contribution in [-0.2, 0) is 16.1 Å². The van der Waals surface area contributed by atoms with E-state index in [4.69, 9.17) is 9.47 Å². The Bertz CT molecular complexity index is 440. The summed E-state index contributed by atoms with van der Waals surface area (Å²) in [5.74, 6) is 0.809. The second-order valence-electron chi connectivity index (χ2n) is 5.61. The molecule has 0 fully saturated rings. The molecule has 0 saturated carbocycles. The SMILES string of the molecule is CN=C(NCCOCc1ccccc1)NCCN(C)CCCOC. The first kappa shape index (κ1) is 20.4. The normalized spacial score (nSPS) is 11.8. The molecule has 0 bridgehead atoms. The van der Waals surface area contributed by atoms with Gasteiger partial charge in [-0.15, -0.1) is 0 Å². The highest BCUT2D eigenvalue weighted by Gasteiger charge is 2.00. The molecule has 0 saturated heterocycles. The molecule has 6 heteroatoms. The van der Waals surface area contributed by atoms with Crippen LogP contribution in [0.2, 0.25) is 0 Å². The van der Waals surface area contributed by atoms with Gasteiger partial charge < -0.3 is 25.0 Å². The third kappa shape index (κ3) is 10.2. The largest absolute Gasteiger partial charge is 0.385 e. The van der Waals surface area contributed by atoms with Crippen molar-refractivity contribution in [2.45, 2.75) is 13.0 Å². The highest BCUT2D eigenvalue weighted by atomic mass is 16.5. The topological polar surface area (TPSA) is 58.1 Å². The maximum Gasteiger partial charge on any atom is 0.191 e. The van der Waals surface area contributed by atoms with E-state index in [0.29, 0.717) is 13.2 Å². The van der Waals surface area contributed by atoms with Crippen molar-refractivity contribution in [3.63, 3.8) is 0 Å². The van der Waals surface area contributed by atoms with Gasteiger partial charge in [-0.1, -0.05) is 30.3 Å². The van der Waals surface area contributed by atoms with Crippen LogP contribution in [0.4, 0.5) is 0 Å². The maximum absolute atomic E-state index is 5.65. The van der Waals surface area contributed by atoms with Gasteiger partial charge in [0.1, 0.15) is 0 Å². The molecule has 2 N–H and O–H groups in total. The number of rotatable bonds is 12. The number of likely N-dealkylation sites (N-methyl/N-ethyl adjacent to an activating group) is 1. The molecule has 1 aromatic rings. The van der Waals surface area contributed by atoms with E-state index in [-0.39, 0.29) is 0 Å². The Morgan fingerprint density at radius 1 is 1.08 bits per heavy atom. The summed E-state index contributed by atoms with van der Waals surface area (Å²) in [6.07, 6.45) is 1.05. The number of aliphatic imine (C=N–C) groups is 1. The lowest BCUT2D eigenvalue weighted by atomic mass is 10.2. The number of hydrogen-bond acceptors (Lipinski definition) is 4. The Morgan fingerprint density at radius 2 is 1.83 bits per heavy atom. The highest BCUT2D eigenvalue weighted by Crippen LogP contribution is 1.99. The van der Waals surface area contributed by atoms with Crippen molar-refractivity contribution in [3.8, 4) is 0 Å². The van der Waals surface area contributed by atoms with E-state index in [1.807, 2.05) is 18.2 Å². The number of methoxy groups -OCH3 is 1. The summed E-state index contributed by atoms with van der Waals surface area (Å²) in [4.78, 5) is 6.50. The van der Waals surface area contributed by atoms with Crippen LogP contribution in [0, 0.1) is 0 Å². The van der Waals surface area contributed by atoms with Crippen molar-refractivity contribution in [3.05, 3.63) is 35.9 Å². The lowest BCUT2D eigenvalue weighted by molar-refractivity contribution is 0.125. The fraction of sp³-hybridized carbons (Fsp3) is 0.611. The van der Waals surface area contributed by atoms with Crippen LogP contribution in [-0.4, -0.2) is 71.5 Å². The molecule has 0 heterocycles. The van der Waals surface area contributed by atoms with Crippen molar-refractivity contribution < 1.29 is 9.47 Å². The molecule has 1 rings (SSSR count). The lowest BCUT2D eigenvalue weighted by Gasteiger charge is -2.18. The number of ether oxygens (including phenoxy) is 2. The van der Waals surface area contributed by atoms with Crippen LogP contribution >= 0.6 is 0 Å². The van der Waals surface area contributed by atoms with Crippen LogP contribution in [0.3, 0.4) is 0 Å². The van der Waals surface area contributed by atoms with E-state index >= 15 is 0 Å². The van der Waals surface area contributed by atoms with E-state index in [1.54, 1.807) is 14.2 Å². The smallest absolute Gasteiger partial charge is 0.191 e. The molecule has 0 aliphatic rings. The predicted octanol–water partition coefficient (Wildman–Crippen LogP) is 1.34. The second-order valence-corrected chi connectivity index (χ2v) is 5.61. The van der Waals surface area contributed by atoms with Gasteiger partial charge >= 0.3 is 0 Å². The van der Waals surface area contributed by atoms with Crippen molar-refractivity contribution in [1.82, 2.24) is 15.5 Å². The van der Waals surface area contributed by atoms with E-state index in [2.05, 4.69) is 39.7 Å². The quantitative estimate of drug-likeness (QED) is 0.343. The van der Waals surface area contributed by atoms with Crippen molar-refractivity contribution in [2.75, 3.05) is 60.6 Å². The molecule has 0 amide bonds. The predicted molar refractivity (Wildman–Crippen MR) is 99.5 cm³/mol. The van der Waals surface area contributed by atoms with Crippen molar-refractivity contribution >= 4 is 5.96 Å². The third-order valence-electron chi connectivity index (χ3n) is 3.55. The highest BCUT2D eigenvalue weighted by molar-refractivity contribution is 5.79. The van der Waals surface area contributed by atoms with Crippen LogP contribution in [0.5, 0.6) is 0 Å². The molecular weight excluding hydrogens is 304 g/mol. The van der Waals surface area contributed by atoms with Gasteiger partial charge in [0, 0.05) is 46.9 Å². The molecule has 0 aliphatic heterocycles. The molecular formula is C18H32N4O2. The summed E-state index contributed by atoms with van der Waals surface area (Å²) in [6.45, 7) is 5.69. The van der Waals surface area contributed by atoms with Crippen LogP contribution in [0.25, 0.3) is 0 Å². The Morgan fingerprint density at radius 3 is 2.54 bits per heavy atom. The van der Waals surface area contributed by atoms with E-state index < -0.39 is 0 Å². The molecule has 136 valence electrons. The van der Waals surface area contributed by atoms with E-state index in [0.717, 1.165) is 45.2 Å². The molecule has 6 nitrogen and oxygen atoms in total. The first-order valence-corrected chi connectivity index (χ1v) is 8.50. The zero-order chi connectivity index (χ0) is 17.5. The average Bonchev–Trinajstić information content (AvgIpc) is 2.61. The lowest BCUT2D eigenvalue weighted by Crippen LogP contribution is -2.42. The van der Waals surface area contributed by atoms with Crippen LogP contribution in [0.1, 0.15) is 12.0 Å². The van der Waals surface area contributed by atoms with Gasteiger partial charge in [-0.25, -0.2) is 0 Å². The summed E-state index contributed by atoms with van der Waals surface area (Å²) in [5.41, 5.74) is 1.19. The fourth-order valence-corrected chi connectivity index (χ4v) is 2.18. The van der Waals surface area contributed by atoms with E-state index in [1.165, 1.54) is 5.56 Å². The monoisotopic (exact) mass is 336 g/mol. The molecule has 0 unspecified atom stereocenters. The van der Waals surface area contributed by atoms with Crippen LogP contribution < -0.4 is 10.6 Å². The molecule has 0 atom stereocenters. The number of guanidine groups is 1. The Hall–Kier alpha value is -1.63. The minimum atomic E-state index is 0.640. The van der Waals surface area contributed by atoms with Crippen molar-refractivity contribution in [2.24, 2.45) is 4.99 Å². The Kier molecular flexibility index (Phi) is 11.7. The average molecular weight is 336 g/mol. The standard InChI is InChI=1S/C18H32N4O2/c1-19-18(20-10-13-22(2)12-7-14-23-3)21-11-15-24-16-17-8-5-4-6-9-17/h4-6,8-9H,7,10-16H2,1-3H3,(H2,19,20,21). The summed E-state index contributed by atoms with van der Waals surface area (Å²) < 4.78 is 10.7. The minimum Gasteiger partial charge on any atom is -0.385 e. The number of nitrogens with zero attached hydrogens (tertiary/aromatic N) is 2. The molecule has 0 radical (unpaired) electrons. The summed E-state index contributed by atoms with van der Waals surface area (Å²) >= 11 is 0. The summed E-state index contributed by atoms with van der Waals surface area (Å²) in [6, 6.07) is 10.2. The molecule has 24 heavy (non-hydrogen) atoms. The van der Waals surface area contributed by atoms with Gasteiger partial charge in [0.15, 0.2) is 5.96 Å².